The van der Waals surface area contributed by atoms with Gasteiger partial charge < -0.3 is 10.1 Å². The van der Waals surface area contributed by atoms with Gasteiger partial charge in [-0.05, 0) is 25.1 Å². The van der Waals surface area contributed by atoms with E-state index in [1.54, 1.807) is 0 Å². The van der Waals surface area contributed by atoms with Gasteiger partial charge in [0.2, 0.25) is 0 Å². The third-order valence-corrected chi connectivity index (χ3v) is 5.59. The van der Waals surface area contributed by atoms with E-state index < -0.39 is 12.0 Å². The fourth-order valence-electron chi connectivity index (χ4n) is 3.61. The summed E-state index contributed by atoms with van der Waals surface area (Å²) in [6.45, 7) is 5.41. The SMILES string of the molecule is Cc1nonc1CN1CCN([C@H](C(=O)O)c2c[nH]c3ccc(Br)cc23)CC1. The number of carbonyl (C=O) groups is 1. The number of nitrogens with zero attached hydrogens (tertiary/aromatic N) is 4. The zero-order valence-corrected chi connectivity index (χ0v) is 16.4. The van der Waals surface area contributed by atoms with Crippen LogP contribution in [0.1, 0.15) is 23.0 Å². The van der Waals surface area contributed by atoms with Crippen molar-refractivity contribution in [1.29, 1.82) is 0 Å². The summed E-state index contributed by atoms with van der Waals surface area (Å²) in [5.74, 6) is -0.833. The lowest BCUT2D eigenvalue weighted by atomic mass is 10.0. The fourth-order valence-corrected chi connectivity index (χ4v) is 3.97. The van der Waals surface area contributed by atoms with Gasteiger partial charge in [-0.25, -0.2) is 4.63 Å². The summed E-state index contributed by atoms with van der Waals surface area (Å²) in [5, 5.41) is 18.6. The molecule has 3 aromatic rings. The molecule has 0 saturated carbocycles. The maximum atomic E-state index is 12.1. The van der Waals surface area contributed by atoms with Crippen LogP contribution in [-0.2, 0) is 11.3 Å². The number of benzene rings is 1. The van der Waals surface area contributed by atoms with E-state index in [4.69, 9.17) is 4.63 Å². The highest BCUT2D eigenvalue weighted by Gasteiger charge is 2.32. The van der Waals surface area contributed by atoms with Crippen LogP contribution in [0, 0.1) is 6.92 Å². The highest BCUT2D eigenvalue weighted by atomic mass is 79.9. The molecule has 1 aromatic carbocycles. The van der Waals surface area contributed by atoms with Crippen LogP contribution in [0.4, 0.5) is 0 Å². The van der Waals surface area contributed by atoms with E-state index in [9.17, 15) is 9.90 Å². The Bertz CT molecular complexity index is 961. The second-order valence-electron chi connectivity index (χ2n) is 6.78. The zero-order chi connectivity index (χ0) is 19.0. The van der Waals surface area contributed by atoms with Gasteiger partial charge in [0.05, 0.1) is 0 Å². The summed E-state index contributed by atoms with van der Waals surface area (Å²) in [5.41, 5.74) is 3.36. The predicted octanol–water partition coefficient (Wildman–Crippen LogP) is 2.57. The van der Waals surface area contributed by atoms with E-state index in [1.807, 2.05) is 36.2 Å². The van der Waals surface area contributed by atoms with Gasteiger partial charge in [0.15, 0.2) is 0 Å². The minimum absolute atomic E-state index is 0.668. The molecule has 1 aliphatic heterocycles. The van der Waals surface area contributed by atoms with Crippen LogP contribution in [0.2, 0.25) is 0 Å². The third-order valence-electron chi connectivity index (χ3n) is 5.10. The summed E-state index contributed by atoms with van der Waals surface area (Å²) in [7, 11) is 0. The van der Waals surface area contributed by atoms with Crippen molar-refractivity contribution >= 4 is 32.8 Å². The molecule has 8 nitrogen and oxygen atoms in total. The number of aromatic amines is 1. The Hall–Kier alpha value is -2.23. The summed E-state index contributed by atoms with van der Waals surface area (Å²) < 4.78 is 5.69. The largest absolute Gasteiger partial charge is 0.480 e. The standard InChI is InChI=1S/C18H20BrN5O3/c1-11-16(22-27-21-11)10-23-4-6-24(7-5-23)17(18(25)26)14-9-20-15-3-2-12(19)8-13(14)15/h2-3,8-9,17,20H,4-7,10H2,1H3,(H,25,26)/t17-/m0/s1. The first-order chi connectivity index (χ1) is 13.0. The number of aromatic nitrogens is 3. The van der Waals surface area contributed by atoms with Crippen LogP contribution in [0.25, 0.3) is 10.9 Å². The van der Waals surface area contributed by atoms with Crippen LogP contribution < -0.4 is 0 Å². The lowest BCUT2D eigenvalue weighted by Crippen LogP contribution is -2.48. The van der Waals surface area contributed by atoms with E-state index in [0.717, 1.165) is 45.4 Å². The molecule has 0 amide bonds. The molecule has 2 aromatic heterocycles. The van der Waals surface area contributed by atoms with Crippen molar-refractivity contribution in [2.75, 3.05) is 26.2 Å². The van der Waals surface area contributed by atoms with Crippen LogP contribution in [0.5, 0.6) is 0 Å². The second kappa shape index (κ2) is 7.41. The van der Waals surface area contributed by atoms with Crippen molar-refractivity contribution in [3.05, 3.63) is 45.8 Å². The lowest BCUT2D eigenvalue weighted by molar-refractivity contribution is -0.144. The molecule has 1 fully saturated rings. The first kappa shape index (κ1) is 18.1. The number of H-pyrrole nitrogens is 1. The van der Waals surface area contributed by atoms with Crippen molar-refractivity contribution in [1.82, 2.24) is 25.1 Å². The van der Waals surface area contributed by atoms with Gasteiger partial charge in [-0.15, -0.1) is 0 Å². The Kier molecular flexibility index (Phi) is 4.98. The molecule has 142 valence electrons. The number of hydrogen-bond donors (Lipinski definition) is 2. The molecule has 3 heterocycles. The number of carboxylic acid groups (broad SMARTS) is 1. The average molecular weight is 434 g/mol. The Morgan fingerprint density at radius 3 is 2.78 bits per heavy atom. The Morgan fingerprint density at radius 1 is 1.33 bits per heavy atom. The number of nitrogens with one attached hydrogen (secondary N) is 1. The van der Waals surface area contributed by atoms with Gasteiger partial charge in [-0.1, -0.05) is 26.2 Å². The molecule has 1 aliphatic rings. The third kappa shape index (κ3) is 3.62. The van der Waals surface area contributed by atoms with E-state index in [-0.39, 0.29) is 0 Å². The number of hydrogen-bond acceptors (Lipinski definition) is 6. The van der Waals surface area contributed by atoms with E-state index in [1.165, 1.54) is 0 Å². The Morgan fingerprint density at radius 2 is 2.11 bits per heavy atom. The quantitative estimate of drug-likeness (QED) is 0.637. The topological polar surface area (TPSA) is 98.5 Å². The molecule has 4 rings (SSSR count). The smallest absolute Gasteiger partial charge is 0.325 e. The normalized spacial score (nSPS) is 17.4. The number of rotatable bonds is 5. The number of piperazine rings is 1. The number of aryl methyl sites for hydroxylation is 1. The number of carboxylic acids is 1. The van der Waals surface area contributed by atoms with Crippen LogP contribution in [-0.4, -0.2) is 62.4 Å². The number of aliphatic carboxylic acids is 1. The molecule has 1 atom stereocenters. The van der Waals surface area contributed by atoms with Gasteiger partial charge in [0.25, 0.3) is 0 Å². The molecular formula is C18H20BrN5O3. The molecule has 27 heavy (non-hydrogen) atoms. The minimum Gasteiger partial charge on any atom is -0.480 e. The summed E-state index contributed by atoms with van der Waals surface area (Å²) >= 11 is 3.48. The first-order valence-electron chi connectivity index (χ1n) is 8.76. The molecule has 9 heteroatoms. The van der Waals surface area contributed by atoms with E-state index in [0.29, 0.717) is 19.6 Å². The Labute approximate surface area is 164 Å². The van der Waals surface area contributed by atoms with Crippen molar-refractivity contribution in [2.45, 2.75) is 19.5 Å². The molecule has 0 radical (unpaired) electrons. The fraction of sp³-hybridized carbons (Fsp3) is 0.389. The highest BCUT2D eigenvalue weighted by Crippen LogP contribution is 2.31. The maximum absolute atomic E-state index is 12.1. The van der Waals surface area contributed by atoms with Crippen molar-refractivity contribution in [3.63, 3.8) is 0 Å². The molecular weight excluding hydrogens is 414 g/mol. The molecule has 0 unspecified atom stereocenters. The molecule has 2 N–H and O–H groups in total. The van der Waals surface area contributed by atoms with Crippen molar-refractivity contribution < 1.29 is 14.5 Å². The molecule has 0 spiro atoms. The highest BCUT2D eigenvalue weighted by molar-refractivity contribution is 9.10. The van der Waals surface area contributed by atoms with Crippen molar-refractivity contribution in [2.24, 2.45) is 0 Å². The first-order valence-corrected chi connectivity index (χ1v) is 9.56. The van der Waals surface area contributed by atoms with E-state index in [2.05, 4.69) is 36.1 Å². The van der Waals surface area contributed by atoms with Crippen molar-refractivity contribution in [3.8, 4) is 0 Å². The summed E-state index contributed by atoms with van der Waals surface area (Å²) in [4.78, 5) is 19.6. The maximum Gasteiger partial charge on any atom is 0.325 e. The number of fused-ring (bicyclic) bond motifs is 1. The zero-order valence-electron chi connectivity index (χ0n) is 14.9. The molecule has 0 bridgehead atoms. The van der Waals surface area contributed by atoms with Gasteiger partial charge in [0.1, 0.15) is 17.4 Å². The molecule has 1 saturated heterocycles. The summed E-state index contributed by atoms with van der Waals surface area (Å²) in [6, 6.07) is 5.19. The number of halogens is 1. The van der Waals surface area contributed by atoms with Crippen LogP contribution in [0.15, 0.2) is 33.5 Å². The predicted molar refractivity (Wildman–Crippen MR) is 102 cm³/mol. The second-order valence-corrected chi connectivity index (χ2v) is 7.70. The minimum atomic E-state index is -0.833. The van der Waals surface area contributed by atoms with Gasteiger partial charge >= 0.3 is 5.97 Å². The van der Waals surface area contributed by atoms with Crippen LogP contribution in [0.3, 0.4) is 0 Å². The van der Waals surface area contributed by atoms with Gasteiger partial charge in [-0.2, -0.15) is 0 Å². The summed E-state index contributed by atoms with van der Waals surface area (Å²) in [6.07, 6.45) is 1.81. The van der Waals surface area contributed by atoms with Crippen LogP contribution >= 0.6 is 15.9 Å². The monoisotopic (exact) mass is 433 g/mol. The van der Waals surface area contributed by atoms with Gasteiger partial charge in [-0.3, -0.25) is 14.6 Å². The average Bonchev–Trinajstić information content (AvgIpc) is 3.23. The van der Waals surface area contributed by atoms with Gasteiger partial charge in [0, 0.05) is 59.9 Å². The lowest BCUT2D eigenvalue weighted by Gasteiger charge is -2.37. The Balaban J connectivity index is 1.51. The van der Waals surface area contributed by atoms with E-state index >= 15 is 0 Å². The molecule has 0 aliphatic carbocycles.